The second-order valence-electron chi connectivity index (χ2n) is 4.83. The fraction of sp³-hybridized carbons (Fsp3) is 0.438. The van der Waals surface area contributed by atoms with Crippen LogP contribution in [-0.4, -0.2) is 44.5 Å². The number of methoxy groups -OCH3 is 2. The van der Waals surface area contributed by atoms with E-state index in [0.717, 1.165) is 30.8 Å². The first-order chi connectivity index (χ1) is 9.67. The Labute approximate surface area is 120 Å². The number of benzene rings is 1. The van der Waals surface area contributed by atoms with Crippen LogP contribution in [-0.2, 0) is 4.79 Å². The van der Waals surface area contributed by atoms with Gasteiger partial charge in [-0.2, -0.15) is 0 Å². The monoisotopic (exact) mass is 275 g/mol. The number of nitrogens with zero attached hydrogens (tertiary/aromatic N) is 1. The maximum absolute atomic E-state index is 12.0. The van der Waals surface area contributed by atoms with Gasteiger partial charge in [-0.1, -0.05) is 13.0 Å². The molecule has 1 heterocycles. The van der Waals surface area contributed by atoms with Crippen LogP contribution in [0.2, 0.25) is 0 Å². The summed E-state index contributed by atoms with van der Waals surface area (Å²) in [6.07, 6.45) is 2.55. The molecule has 1 aromatic rings. The number of ketones is 1. The first-order valence-electron chi connectivity index (χ1n) is 6.86. The van der Waals surface area contributed by atoms with Gasteiger partial charge in [-0.25, -0.2) is 0 Å². The number of Topliss-reactive ketones (excluding diaryl/α,β-unsaturated/α-hetero) is 1. The van der Waals surface area contributed by atoms with Crippen molar-refractivity contribution in [1.82, 2.24) is 4.90 Å². The minimum atomic E-state index is 0.240. The van der Waals surface area contributed by atoms with Gasteiger partial charge in [0.1, 0.15) is 0 Å². The zero-order chi connectivity index (χ0) is 14.5. The van der Waals surface area contributed by atoms with E-state index in [1.54, 1.807) is 14.2 Å². The van der Waals surface area contributed by atoms with Gasteiger partial charge in [0.05, 0.1) is 14.2 Å². The summed E-state index contributed by atoms with van der Waals surface area (Å²) < 4.78 is 10.5. The van der Waals surface area contributed by atoms with Crippen molar-refractivity contribution >= 4 is 11.9 Å². The lowest BCUT2D eigenvalue weighted by Gasteiger charge is -2.26. The molecule has 0 spiro atoms. The summed E-state index contributed by atoms with van der Waals surface area (Å²) in [5, 5.41) is 0. The minimum Gasteiger partial charge on any atom is -0.493 e. The fourth-order valence-electron chi connectivity index (χ4n) is 2.37. The molecule has 0 aliphatic carbocycles. The lowest BCUT2D eigenvalue weighted by molar-refractivity contribution is -0.117. The summed E-state index contributed by atoms with van der Waals surface area (Å²) in [6.45, 7) is 4.67. The van der Waals surface area contributed by atoms with Gasteiger partial charge in [0, 0.05) is 25.1 Å². The zero-order valence-corrected chi connectivity index (χ0v) is 12.3. The topological polar surface area (TPSA) is 38.8 Å². The third kappa shape index (κ3) is 3.20. The number of likely N-dealkylation sites (N-methyl/N-ethyl adjacent to an activating group) is 1. The number of carbonyl (C=O) groups excluding carboxylic acids is 1. The molecule has 0 saturated carbocycles. The molecule has 1 aliphatic heterocycles. The van der Waals surface area contributed by atoms with Gasteiger partial charge < -0.3 is 9.47 Å². The van der Waals surface area contributed by atoms with E-state index in [1.165, 1.54) is 0 Å². The molecule has 2 rings (SSSR count). The van der Waals surface area contributed by atoms with Gasteiger partial charge in [0.25, 0.3) is 0 Å². The Kier molecular flexibility index (Phi) is 4.79. The molecule has 1 fully saturated rings. The summed E-state index contributed by atoms with van der Waals surface area (Å²) in [7, 11) is 3.22. The van der Waals surface area contributed by atoms with E-state index in [4.69, 9.17) is 9.47 Å². The number of likely N-dealkylation sites (tertiary alicyclic amines) is 1. The quantitative estimate of drug-likeness (QED) is 0.791. The van der Waals surface area contributed by atoms with Crippen LogP contribution in [0.5, 0.6) is 11.5 Å². The molecule has 108 valence electrons. The summed E-state index contributed by atoms with van der Waals surface area (Å²) in [5.74, 6) is 1.61. The third-order valence-corrected chi connectivity index (χ3v) is 3.60. The van der Waals surface area contributed by atoms with Crippen molar-refractivity contribution in [3.63, 3.8) is 0 Å². The Hall–Kier alpha value is -1.81. The number of rotatable bonds is 4. The average Bonchev–Trinajstić information content (AvgIpc) is 2.49. The van der Waals surface area contributed by atoms with Crippen molar-refractivity contribution in [3.8, 4) is 11.5 Å². The van der Waals surface area contributed by atoms with Crippen LogP contribution >= 0.6 is 0 Å². The SMILES string of the molecule is CCN1CCC(=O)/C(=C/c2ccc(OC)c(OC)c2)C1. The third-order valence-electron chi connectivity index (χ3n) is 3.60. The van der Waals surface area contributed by atoms with Crippen LogP contribution in [0.3, 0.4) is 0 Å². The summed E-state index contributed by atoms with van der Waals surface area (Å²) in [5.41, 5.74) is 1.83. The molecule has 1 saturated heterocycles. The number of ether oxygens (including phenoxy) is 2. The van der Waals surface area contributed by atoms with Crippen LogP contribution in [0.4, 0.5) is 0 Å². The fourth-order valence-corrected chi connectivity index (χ4v) is 2.37. The predicted molar refractivity (Wildman–Crippen MR) is 79.3 cm³/mol. The lowest BCUT2D eigenvalue weighted by atomic mass is 10.0. The first-order valence-corrected chi connectivity index (χ1v) is 6.86. The van der Waals surface area contributed by atoms with Crippen LogP contribution in [0.1, 0.15) is 18.9 Å². The highest BCUT2D eigenvalue weighted by Gasteiger charge is 2.20. The highest BCUT2D eigenvalue weighted by Crippen LogP contribution is 2.28. The second-order valence-corrected chi connectivity index (χ2v) is 4.83. The summed E-state index contributed by atoms with van der Waals surface area (Å²) in [6, 6.07) is 5.69. The Bertz CT molecular complexity index is 522. The van der Waals surface area contributed by atoms with E-state index in [0.29, 0.717) is 17.9 Å². The molecule has 4 heteroatoms. The Morgan fingerprint density at radius 2 is 2.00 bits per heavy atom. The van der Waals surface area contributed by atoms with Gasteiger partial charge in [0.2, 0.25) is 0 Å². The van der Waals surface area contributed by atoms with Crippen molar-refractivity contribution < 1.29 is 14.3 Å². The zero-order valence-electron chi connectivity index (χ0n) is 12.3. The van der Waals surface area contributed by atoms with Gasteiger partial charge in [0.15, 0.2) is 17.3 Å². The molecule has 0 amide bonds. The highest BCUT2D eigenvalue weighted by atomic mass is 16.5. The van der Waals surface area contributed by atoms with Crippen LogP contribution in [0.15, 0.2) is 23.8 Å². The molecular weight excluding hydrogens is 254 g/mol. The largest absolute Gasteiger partial charge is 0.493 e. The van der Waals surface area contributed by atoms with Gasteiger partial charge >= 0.3 is 0 Å². The van der Waals surface area contributed by atoms with E-state index in [9.17, 15) is 4.79 Å². The standard InChI is InChI=1S/C16H21NO3/c1-4-17-8-7-14(18)13(11-17)9-12-5-6-15(19-2)16(10-12)20-3/h5-6,9-10H,4,7-8,11H2,1-3H3/b13-9+. The highest BCUT2D eigenvalue weighted by molar-refractivity contribution is 6.00. The molecule has 0 unspecified atom stereocenters. The normalized spacial score (nSPS) is 18.4. The smallest absolute Gasteiger partial charge is 0.161 e. The summed E-state index contributed by atoms with van der Waals surface area (Å²) in [4.78, 5) is 14.3. The molecule has 20 heavy (non-hydrogen) atoms. The van der Waals surface area contributed by atoms with Gasteiger partial charge in [-0.15, -0.1) is 0 Å². The molecule has 1 aliphatic rings. The van der Waals surface area contributed by atoms with Gasteiger partial charge in [-0.05, 0) is 30.3 Å². The van der Waals surface area contributed by atoms with Crippen molar-refractivity contribution in [3.05, 3.63) is 29.3 Å². The summed E-state index contributed by atoms with van der Waals surface area (Å²) >= 11 is 0. The van der Waals surface area contributed by atoms with E-state index >= 15 is 0 Å². The minimum absolute atomic E-state index is 0.240. The lowest BCUT2D eigenvalue weighted by Crippen LogP contribution is -2.35. The van der Waals surface area contributed by atoms with E-state index < -0.39 is 0 Å². The number of piperidine rings is 1. The van der Waals surface area contributed by atoms with Crippen molar-refractivity contribution in [2.45, 2.75) is 13.3 Å². The van der Waals surface area contributed by atoms with E-state index in [-0.39, 0.29) is 5.78 Å². The maximum Gasteiger partial charge on any atom is 0.161 e. The number of hydrogen-bond acceptors (Lipinski definition) is 4. The molecule has 4 nitrogen and oxygen atoms in total. The average molecular weight is 275 g/mol. The first kappa shape index (κ1) is 14.6. The Morgan fingerprint density at radius 3 is 2.65 bits per heavy atom. The van der Waals surface area contributed by atoms with E-state index in [2.05, 4.69) is 11.8 Å². The van der Waals surface area contributed by atoms with Crippen LogP contribution in [0.25, 0.3) is 6.08 Å². The van der Waals surface area contributed by atoms with E-state index in [1.807, 2.05) is 24.3 Å². The van der Waals surface area contributed by atoms with Crippen molar-refractivity contribution in [2.24, 2.45) is 0 Å². The van der Waals surface area contributed by atoms with Crippen LogP contribution in [0, 0.1) is 0 Å². The molecule has 0 aromatic heterocycles. The maximum atomic E-state index is 12.0. The molecular formula is C16H21NO3. The molecule has 0 bridgehead atoms. The molecule has 1 aromatic carbocycles. The molecule has 0 radical (unpaired) electrons. The number of hydrogen-bond donors (Lipinski definition) is 0. The molecule has 0 atom stereocenters. The van der Waals surface area contributed by atoms with Crippen molar-refractivity contribution in [2.75, 3.05) is 33.9 Å². The predicted octanol–water partition coefficient (Wildman–Crippen LogP) is 2.38. The van der Waals surface area contributed by atoms with Crippen LogP contribution < -0.4 is 9.47 Å². The molecule has 0 N–H and O–H groups in total. The second kappa shape index (κ2) is 6.57. The van der Waals surface area contributed by atoms with Gasteiger partial charge in [-0.3, -0.25) is 9.69 Å². The Morgan fingerprint density at radius 1 is 1.25 bits per heavy atom. The number of carbonyl (C=O) groups is 1. The Balaban J connectivity index is 2.26. The van der Waals surface area contributed by atoms with Crippen molar-refractivity contribution in [1.29, 1.82) is 0 Å².